The van der Waals surface area contributed by atoms with E-state index in [1.807, 2.05) is 26.8 Å². The van der Waals surface area contributed by atoms with E-state index in [1.165, 1.54) is 12.1 Å². The number of carbonyl (C=O) groups is 2. The Morgan fingerprint density at radius 3 is 2.29 bits per heavy atom. The standard InChI is InChI=1S/C32H31F3N4O3/c1-5-42-30(41)39(31(2,3)4)28-17-16-23(20-25(28)26-14-8-9-18-36-26)38-29(40)24-13-6-7-15-27(24)37-22-12-10-11-21(19-22)32(33,34)35/h6-20,37H,5H2,1-4H3,(H,38,40). The fraction of sp³-hybridized carbons (Fsp3) is 0.219. The van der Waals surface area contributed by atoms with Gasteiger partial charge in [-0.15, -0.1) is 0 Å². The van der Waals surface area contributed by atoms with Crippen molar-refractivity contribution in [2.45, 2.75) is 39.4 Å². The zero-order valence-corrected chi connectivity index (χ0v) is 23.6. The van der Waals surface area contributed by atoms with E-state index in [0.29, 0.717) is 28.3 Å². The lowest BCUT2D eigenvalue weighted by Gasteiger charge is -2.36. The number of nitrogens with zero attached hydrogens (tertiary/aromatic N) is 2. The molecule has 0 aliphatic heterocycles. The topological polar surface area (TPSA) is 83.6 Å². The molecule has 2 amide bonds. The minimum atomic E-state index is -4.50. The van der Waals surface area contributed by atoms with Crippen LogP contribution in [0.5, 0.6) is 0 Å². The normalized spacial score (nSPS) is 11.5. The van der Waals surface area contributed by atoms with Gasteiger partial charge in [-0.25, -0.2) is 4.79 Å². The summed E-state index contributed by atoms with van der Waals surface area (Å²) < 4.78 is 45.0. The zero-order chi connectivity index (χ0) is 30.5. The Hall–Kier alpha value is -4.86. The maximum absolute atomic E-state index is 13.4. The lowest BCUT2D eigenvalue weighted by molar-refractivity contribution is -0.137. The molecule has 0 atom stereocenters. The molecule has 0 radical (unpaired) electrons. The van der Waals surface area contributed by atoms with Crippen molar-refractivity contribution in [2.24, 2.45) is 0 Å². The second-order valence-corrected chi connectivity index (χ2v) is 10.4. The monoisotopic (exact) mass is 576 g/mol. The number of alkyl halides is 3. The molecule has 0 saturated heterocycles. The number of hydrogen-bond donors (Lipinski definition) is 2. The number of rotatable bonds is 7. The summed E-state index contributed by atoms with van der Waals surface area (Å²) in [6.07, 6.45) is -3.39. The van der Waals surface area contributed by atoms with E-state index in [0.717, 1.165) is 12.1 Å². The van der Waals surface area contributed by atoms with Crippen molar-refractivity contribution in [2.75, 3.05) is 22.1 Å². The van der Waals surface area contributed by atoms with Gasteiger partial charge < -0.3 is 15.4 Å². The first-order valence-electron chi connectivity index (χ1n) is 13.3. The van der Waals surface area contributed by atoms with Gasteiger partial charge in [0.05, 0.1) is 34.8 Å². The van der Waals surface area contributed by atoms with Crippen LogP contribution in [-0.4, -0.2) is 29.1 Å². The van der Waals surface area contributed by atoms with Gasteiger partial charge in [-0.2, -0.15) is 13.2 Å². The predicted molar refractivity (Wildman–Crippen MR) is 158 cm³/mol. The quantitative estimate of drug-likeness (QED) is 0.230. The largest absolute Gasteiger partial charge is 0.449 e. The highest BCUT2D eigenvalue weighted by atomic mass is 19.4. The van der Waals surface area contributed by atoms with Gasteiger partial charge in [-0.1, -0.05) is 24.3 Å². The molecule has 3 aromatic carbocycles. The molecule has 0 bridgehead atoms. The van der Waals surface area contributed by atoms with Crippen molar-refractivity contribution in [1.82, 2.24) is 4.98 Å². The number of amides is 2. The Balaban J connectivity index is 1.69. The highest BCUT2D eigenvalue weighted by Crippen LogP contribution is 2.37. The number of halogens is 3. The third kappa shape index (κ3) is 7.06. The van der Waals surface area contributed by atoms with Gasteiger partial charge >= 0.3 is 12.3 Å². The lowest BCUT2D eigenvalue weighted by atomic mass is 10.0. The minimum absolute atomic E-state index is 0.188. The van der Waals surface area contributed by atoms with Crippen LogP contribution in [0.15, 0.2) is 91.1 Å². The SMILES string of the molecule is CCOC(=O)N(c1ccc(NC(=O)c2ccccc2Nc2cccc(C(F)(F)F)c2)cc1-c1ccccn1)C(C)(C)C. The molecule has 0 aliphatic rings. The summed E-state index contributed by atoms with van der Waals surface area (Å²) in [6.45, 7) is 7.59. The number of carbonyl (C=O) groups excluding carboxylic acids is 2. The third-order valence-electron chi connectivity index (χ3n) is 6.20. The third-order valence-corrected chi connectivity index (χ3v) is 6.20. The van der Waals surface area contributed by atoms with E-state index in [-0.39, 0.29) is 17.9 Å². The van der Waals surface area contributed by atoms with Crippen LogP contribution in [0.1, 0.15) is 43.6 Å². The molecule has 4 aromatic rings. The second-order valence-electron chi connectivity index (χ2n) is 10.4. The fourth-order valence-corrected chi connectivity index (χ4v) is 4.37. The van der Waals surface area contributed by atoms with Crippen molar-refractivity contribution in [1.29, 1.82) is 0 Å². The second kappa shape index (κ2) is 12.3. The van der Waals surface area contributed by atoms with Crippen LogP contribution in [0, 0.1) is 0 Å². The Morgan fingerprint density at radius 1 is 0.881 bits per heavy atom. The average molecular weight is 577 g/mol. The van der Waals surface area contributed by atoms with E-state index >= 15 is 0 Å². The van der Waals surface area contributed by atoms with E-state index < -0.39 is 29.3 Å². The van der Waals surface area contributed by atoms with Gasteiger partial charge in [0.1, 0.15) is 0 Å². The Labute approximate surface area is 242 Å². The van der Waals surface area contributed by atoms with Gasteiger partial charge in [0.2, 0.25) is 0 Å². The van der Waals surface area contributed by atoms with E-state index in [1.54, 1.807) is 72.6 Å². The highest BCUT2D eigenvalue weighted by Gasteiger charge is 2.32. The van der Waals surface area contributed by atoms with Gasteiger partial charge in [0.15, 0.2) is 0 Å². The first-order chi connectivity index (χ1) is 19.9. The molecule has 0 unspecified atom stereocenters. The lowest BCUT2D eigenvalue weighted by Crippen LogP contribution is -2.46. The molecule has 7 nitrogen and oxygen atoms in total. The summed E-state index contributed by atoms with van der Waals surface area (Å²) in [5.41, 5.74) is 1.44. The van der Waals surface area contributed by atoms with Gasteiger partial charge in [-0.05, 0) is 88.4 Å². The molecule has 0 spiro atoms. The Bertz CT molecular complexity index is 1570. The summed E-state index contributed by atoms with van der Waals surface area (Å²) in [6, 6.07) is 21.8. The van der Waals surface area contributed by atoms with Crippen LogP contribution >= 0.6 is 0 Å². The number of benzene rings is 3. The molecule has 1 aromatic heterocycles. The molecule has 10 heteroatoms. The molecule has 0 saturated carbocycles. The molecule has 4 rings (SSSR count). The molecular weight excluding hydrogens is 545 g/mol. The fourth-order valence-electron chi connectivity index (χ4n) is 4.37. The molecule has 42 heavy (non-hydrogen) atoms. The number of pyridine rings is 1. The first kappa shape index (κ1) is 30.1. The summed E-state index contributed by atoms with van der Waals surface area (Å²) in [5.74, 6) is -0.483. The predicted octanol–water partition coefficient (Wildman–Crippen LogP) is 8.52. The van der Waals surface area contributed by atoms with Crippen molar-refractivity contribution >= 4 is 34.7 Å². The first-order valence-corrected chi connectivity index (χ1v) is 13.3. The van der Waals surface area contributed by atoms with Crippen LogP contribution in [-0.2, 0) is 10.9 Å². The van der Waals surface area contributed by atoms with Gasteiger partial charge in [0.25, 0.3) is 5.91 Å². The zero-order valence-electron chi connectivity index (χ0n) is 23.6. The number of para-hydroxylation sites is 1. The number of aromatic nitrogens is 1. The van der Waals surface area contributed by atoms with E-state index in [4.69, 9.17) is 4.74 Å². The number of hydrogen-bond acceptors (Lipinski definition) is 5. The van der Waals surface area contributed by atoms with E-state index in [9.17, 15) is 22.8 Å². The number of nitrogens with one attached hydrogen (secondary N) is 2. The Kier molecular flexibility index (Phi) is 8.84. The molecule has 2 N–H and O–H groups in total. The molecule has 218 valence electrons. The van der Waals surface area contributed by atoms with Crippen molar-refractivity contribution in [3.8, 4) is 11.3 Å². The molecule has 1 heterocycles. The van der Waals surface area contributed by atoms with Crippen LogP contribution in [0.25, 0.3) is 11.3 Å². The van der Waals surface area contributed by atoms with Crippen molar-refractivity contribution in [3.05, 3.63) is 102 Å². The summed E-state index contributed by atoms with van der Waals surface area (Å²) >= 11 is 0. The van der Waals surface area contributed by atoms with Crippen molar-refractivity contribution in [3.63, 3.8) is 0 Å². The average Bonchev–Trinajstić information content (AvgIpc) is 2.94. The summed E-state index contributed by atoms with van der Waals surface area (Å²) in [4.78, 5) is 32.5. The molecule has 0 fully saturated rings. The van der Waals surface area contributed by atoms with Gasteiger partial charge in [0, 0.05) is 28.7 Å². The minimum Gasteiger partial charge on any atom is -0.449 e. The van der Waals surface area contributed by atoms with Gasteiger partial charge in [-0.3, -0.25) is 14.7 Å². The van der Waals surface area contributed by atoms with Crippen molar-refractivity contribution < 1.29 is 27.5 Å². The highest BCUT2D eigenvalue weighted by molar-refractivity contribution is 6.09. The van der Waals surface area contributed by atoms with E-state index in [2.05, 4.69) is 15.6 Å². The van der Waals surface area contributed by atoms with Crippen LogP contribution in [0.2, 0.25) is 0 Å². The maximum Gasteiger partial charge on any atom is 0.416 e. The van der Waals surface area contributed by atoms with Crippen LogP contribution < -0.4 is 15.5 Å². The Morgan fingerprint density at radius 2 is 1.62 bits per heavy atom. The molecule has 0 aliphatic carbocycles. The summed E-state index contributed by atoms with van der Waals surface area (Å²) in [7, 11) is 0. The van der Waals surface area contributed by atoms with Crippen LogP contribution in [0.3, 0.4) is 0 Å². The van der Waals surface area contributed by atoms with Crippen LogP contribution in [0.4, 0.5) is 40.7 Å². The smallest absolute Gasteiger partial charge is 0.416 e. The molecular formula is C32H31F3N4O3. The number of anilines is 4. The summed E-state index contributed by atoms with van der Waals surface area (Å²) in [5, 5.41) is 5.79. The maximum atomic E-state index is 13.4. The number of ether oxygens (including phenoxy) is 1.